The summed E-state index contributed by atoms with van der Waals surface area (Å²) in [5.41, 5.74) is 3.72. The van der Waals surface area contributed by atoms with Gasteiger partial charge in [-0.25, -0.2) is 9.78 Å². The lowest BCUT2D eigenvalue weighted by Gasteiger charge is -2.32. The van der Waals surface area contributed by atoms with E-state index in [1.54, 1.807) is 7.05 Å². The summed E-state index contributed by atoms with van der Waals surface area (Å²) < 4.78 is 8.10. The molecule has 0 bridgehead atoms. The fourth-order valence-corrected chi connectivity index (χ4v) is 6.03. The number of carboxylic acids is 2. The Morgan fingerprint density at radius 3 is 2.26 bits per heavy atom. The minimum absolute atomic E-state index is 0.0670. The van der Waals surface area contributed by atoms with E-state index in [2.05, 4.69) is 48.7 Å². The van der Waals surface area contributed by atoms with Crippen molar-refractivity contribution in [3.8, 4) is 5.88 Å². The molecule has 5 rings (SSSR count). The molecule has 0 fully saturated rings. The molecule has 2 heterocycles. The molecule has 2 aliphatic rings. The summed E-state index contributed by atoms with van der Waals surface area (Å²) in [4.78, 5) is 43.8. The number of rotatable bonds is 14. The number of amides is 1. The molecule has 2 unspecified atom stereocenters. The van der Waals surface area contributed by atoms with Gasteiger partial charge in [0.15, 0.2) is 11.9 Å². The second kappa shape index (κ2) is 15.1. The van der Waals surface area contributed by atoms with Crippen molar-refractivity contribution in [1.29, 1.82) is 0 Å². The maximum atomic E-state index is 13.6. The van der Waals surface area contributed by atoms with Crippen molar-refractivity contribution in [2.75, 3.05) is 33.2 Å². The average molecular weight is 641 g/mol. The predicted molar refractivity (Wildman–Crippen MR) is 177 cm³/mol. The number of allylic oxidation sites excluding steroid dienone is 4. The minimum atomic E-state index is -1.11. The molecule has 11 nitrogen and oxygen atoms in total. The van der Waals surface area contributed by atoms with Gasteiger partial charge in [0, 0.05) is 33.0 Å². The number of carbonyl (C=O) groups excluding carboxylic acids is 1. The Balaban J connectivity index is 1.45. The first-order chi connectivity index (χ1) is 22.6. The van der Waals surface area contributed by atoms with Crippen molar-refractivity contribution in [3.05, 3.63) is 113 Å². The summed E-state index contributed by atoms with van der Waals surface area (Å²) in [5, 5.41) is 20.6. The number of benzene rings is 2. The Bertz CT molecular complexity index is 1650. The van der Waals surface area contributed by atoms with Gasteiger partial charge in [-0.1, -0.05) is 85.0 Å². The van der Waals surface area contributed by atoms with E-state index >= 15 is 0 Å². The molecule has 47 heavy (non-hydrogen) atoms. The Morgan fingerprint density at radius 1 is 0.979 bits per heavy atom. The highest BCUT2D eigenvalue weighted by molar-refractivity contribution is 5.72. The predicted octanol–water partition coefficient (Wildman–Crippen LogP) is 3.95. The second-order valence-electron chi connectivity index (χ2n) is 12.4. The largest absolute Gasteiger partial charge is 0.480 e. The smallest absolute Gasteiger partial charge is 0.416 e. The summed E-state index contributed by atoms with van der Waals surface area (Å²) in [5.74, 6) is -1.06. The number of imidazole rings is 1. The molecule has 2 aromatic carbocycles. The summed E-state index contributed by atoms with van der Waals surface area (Å²) in [7, 11) is 1.61. The zero-order valence-corrected chi connectivity index (χ0v) is 26.8. The van der Waals surface area contributed by atoms with Gasteiger partial charge >= 0.3 is 18.0 Å². The second-order valence-corrected chi connectivity index (χ2v) is 12.4. The van der Waals surface area contributed by atoms with Crippen LogP contribution in [-0.2, 0) is 22.4 Å². The Kier molecular flexibility index (Phi) is 10.7. The quantitative estimate of drug-likeness (QED) is 0.241. The third-order valence-electron chi connectivity index (χ3n) is 8.55. The fourth-order valence-electron chi connectivity index (χ4n) is 6.03. The lowest BCUT2D eigenvalue weighted by atomic mass is 9.80. The fraction of sp³-hybridized carbons (Fsp3) is 0.333. The van der Waals surface area contributed by atoms with E-state index in [9.17, 15) is 14.4 Å². The molecule has 4 N–H and O–H groups in total. The number of quaternary nitrogens is 1. The first-order valence-corrected chi connectivity index (χ1v) is 15.8. The molecule has 2 atom stereocenters. The first kappa shape index (κ1) is 33.4. The van der Waals surface area contributed by atoms with Crippen LogP contribution in [0.3, 0.4) is 0 Å². The highest BCUT2D eigenvalue weighted by atomic mass is 16.6. The molecule has 11 heteroatoms. The lowest BCUT2D eigenvalue weighted by molar-refractivity contribution is -0.661. The lowest BCUT2D eigenvalue weighted by Crippen LogP contribution is -2.87. The maximum Gasteiger partial charge on any atom is 0.416 e. The van der Waals surface area contributed by atoms with Crippen molar-refractivity contribution in [3.63, 3.8) is 0 Å². The molecular formula is C36H42N5O6+. The van der Waals surface area contributed by atoms with E-state index in [1.165, 1.54) is 15.4 Å². The molecule has 0 saturated carbocycles. The van der Waals surface area contributed by atoms with Crippen LogP contribution in [-0.4, -0.2) is 80.8 Å². The van der Waals surface area contributed by atoms with Crippen molar-refractivity contribution in [2.45, 2.75) is 38.6 Å². The van der Waals surface area contributed by atoms with Crippen LogP contribution in [0.5, 0.6) is 5.88 Å². The number of carbonyl (C=O) groups is 3. The van der Waals surface area contributed by atoms with Gasteiger partial charge in [-0.15, -0.1) is 0 Å². The molecule has 246 valence electrons. The van der Waals surface area contributed by atoms with Crippen molar-refractivity contribution >= 4 is 24.2 Å². The van der Waals surface area contributed by atoms with Crippen LogP contribution in [0, 0.1) is 5.41 Å². The Hall–Kier alpha value is -5.00. The number of nitrogens with zero attached hydrogens (tertiary/aromatic N) is 4. The molecule has 1 aliphatic carbocycles. The zero-order valence-electron chi connectivity index (χ0n) is 26.8. The standard InChI is InChI=1S/C36H41N5O6/c1-36(17-10-5-11-18-36)30-23-41-33(28(37-30)21-26-13-6-3-7-14-26)38-29(22-27-15-8-4-9-16-27)34(41)47-35(46)39(2)19-12-20-40(24-31(42)43)25-32(44)45/h3-11,13-17,23,28,37H,12,18-22,24-25H2,1-2H3,(H,42,43)(H,44,45)/p+1. The molecule has 1 aromatic heterocycles. The van der Waals surface area contributed by atoms with E-state index < -0.39 is 31.1 Å². The number of aromatic nitrogens is 2. The number of fused-ring (bicyclic) bond motifs is 1. The van der Waals surface area contributed by atoms with Crippen LogP contribution in [0.25, 0.3) is 6.20 Å². The average Bonchev–Trinajstić information content (AvgIpc) is 3.38. The SMILES string of the molecule is CN(CCCN(CC(=O)O)CC(=O)O)C(=O)Oc1c(Cc2ccccc2)nc2n1C=C(C1(C)C=CC=CC1)[NH2+]C2Cc1ccccc1. The van der Waals surface area contributed by atoms with Gasteiger partial charge < -0.3 is 25.2 Å². The number of hydrogen-bond donors (Lipinski definition) is 3. The van der Waals surface area contributed by atoms with Gasteiger partial charge in [-0.2, -0.15) is 0 Å². The van der Waals surface area contributed by atoms with E-state index in [4.69, 9.17) is 19.9 Å². The van der Waals surface area contributed by atoms with Gasteiger partial charge in [0.05, 0.1) is 24.7 Å². The first-order valence-electron chi connectivity index (χ1n) is 15.8. The Labute approximate surface area is 274 Å². The molecule has 0 spiro atoms. The highest BCUT2D eigenvalue weighted by Gasteiger charge is 2.39. The number of nitrogens with two attached hydrogens (primary N) is 1. The van der Waals surface area contributed by atoms with Gasteiger partial charge in [0.1, 0.15) is 11.4 Å². The van der Waals surface area contributed by atoms with Crippen LogP contribution < -0.4 is 10.1 Å². The molecule has 1 amide bonds. The van der Waals surface area contributed by atoms with Crippen molar-refractivity contribution < 1.29 is 34.7 Å². The maximum absolute atomic E-state index is 13.6. The molecular weight excluding hydrogens is 598 g/mol. The van der Waals surface area contributed by atoms with Crippen LogP contribution in [0.2, 0.25) is 0 Å². The summed E-state index contributed by atoms with van der Waals surface area (Å²) >= 11 is 0. The molecule has 0 radical (unpaired) electrons. The number of aliphatic carboxylic acids is 2. The van der Waals surface area contributed by atoms with E-state index in [0.717, 1.165) is 29.9 Å². The zero-order chi connectivity index (χ0) is 33.4. The monoisotopic (exact) mass is 640 g/mol. The highest BCUT2D eigenvalue weighted by Crippen LogP contribution is 2.37. The van der Waals surface area contributed by atoms with Crippen LogP contribution in [0.1, 0.15) is 48.5 Å². The Morgan fingerprint density at radius 2 is 1.64 bits per heavy atom. The molecule has 3 aromatic rings. The third kappa shape index (κ3) is 8.63. The summed E-state index contributed by atoms with van der Waals surface area (Å²) in [6.07, 6.45) is 12.3. The van der Waals surface area contributed by atoms with Crippen molar-refractivity contribution in [2.24, 2.45) is 5.41 Å². The van der Waals surface area contributed by atoms with Gasteiger partial charge in [0.25, 0.3) is 0 Å². The van der Waals surface area contributed by atoms with Crippen molar-refractivity contribution in [1.82, 2.24) is 19.4 Å². The normalized spacial score (nSPS) is 18.4. The van der Waals surface area contributed by atoms with Gasteiger partial charge in [0.2, 0.25) is 5.88 Å². The summed E-state index contributed by atoms with van der Waals surface area (Å²) in [6.45, 7) is 1.85. The van der Waals surface area contributed by atoms with E-state index in [0.29, 0.717) is 24.4 Å². The van der Waals surface area contributed by atoms with Crippen LogP contribution in [0.15, 0.2) is 90.7 Å². The molecule has 0 saturated heterocycles. The number of carboxylic acid groups (broad SMARTS) is 2. The van der Waals surface area contributed by atoms with Gasteiger partial charge in [-0.3, -0.25) is 19.1 Å². The van der Waals surface area contributed by atoms with Crippen LogP contribution >= 0.6 is 0 Å². The van der Waals surface area contributed by atoms with E-state index in [-0.39, 0.29) is 24.5 Å². The summed E-state index contributed by atoms with van der Waals surface area (Å²) in [6, 6.07) is 20.2. The topological polar surface area (TPSA) is 142 Å². The third-order valence-corrected chi connectivity index (χ3v) is 8.55. The number of hydrogen-bond acceptors (Lipinski definition) is 6. The van der Waals surface area contributed by atoms with E-state index in [1.807, 2.05) is 59.3 Å². The van der Waals surface area contributed by atoms with Gasteiger partial charge in [-0.05, 0) is 30.9 Å². The molecule has 1 aliphatic heterocycles. The number of ether oxygens (including phenoxy) is 1. The van der Waals surface area contributed by atoms with Crippen LogP contribution in [0.4, 0.5) is 4.79 Å². The minimum Gasteiger partial charge on any atom is -0.480 e.